The fourth-order valence-corrected chi connectivity index (χ4v) is 0.442. The van der Waals surface area contributed by atoms with E-state index in [1.54, 1.807) is 20.8 Å². The standard InChI is InChI=1S/C8H13NO2/c1-5-9-6-7(10)11-8(2,3)4/h5-6H,1H2,2-4H3/b9-6+. The minimum Gasteiger partial charge on any atom is -0.456 e. The zero-order chi connectivity index (χ0) is 8.91. The molecule has 0 radical (unpaired) electrons. The van der Waals surface area contributed by atoms with Gasteiger partial charge in [0.05, 0.1) is 0 Å². The summed E-state index contributed by atoms with van der Waals surface area (Å²) in [6.07, 6.45) is 2.38. The van der Waals surface area contributed by atoms with E-state index >= 15 is 0 Å². The maximum absolute atomic E-state index is 10.8. The van der Waals surface area contributed by atoms with Gasteiger partial charge in [-0.15, -0.1) is 0 Å². The first-order valence-electron chi connectivity index (χ1n) is 3.33. The van der Waals surface area contributed by atoms with Gasteiger partial charge >= 0.3 is 5.97 Å². The highest BCUT2D eigenvalue weighted by Gasteiger charge is 2.13. The van der Waals surface area contributed by atoms with Crippen molar-refractivity contribution in [2.24, 2.45) is 4.99 Å². The van der Waals surface area contributed by atoms with Crippen molar-refractivity contribution in [1.82, 2.24) is 0 Å². The van der Waals surface area contributed by atoms with E-state index in [2.05, 4.69) is 11.6 Å². The molecular weight excluding hydrogens is 142 g/mol. The summed E-state index contributed by atoms with van der Waals surface area (Å²) in [7, 11) is 0. The molecule has 0 aromatic carbocycles. The van der Waals surface area contributed by atoms with Crippen LogP contribution in [0.4, 0.5) is 0 Å². The van der Waals surface area contributed by atoms with Crippen LogP contribution in [0.25, 0.3) is 0 Å². The highest BCUT2D eigenvalue weighted by Crippen LogP contribution is 2.05. The van der Waals surface area contributed by atoms with Crippen LogP contribution in [0.15, 0.2) is 17.8 Å². The van der Waals surface area contributed by atoms with Gasteiger partial charge in [-0.1, -0.05) is 6.58 Å². The Bertz CT molecular complexity index is 177. The van der Waals surface area contributed by atoms with E-state index in [0.29, 0.717) is 0 Å². The highest BCUT2D eigenvalue weighted by atomic mass is 16.6. The van der Waals surface area contributed by atoms with Crippen molar-refractivity contribution in [3.05, 3.63) is 12.8 Å². The fourth-order valence-electron chi connectivity index (χ4n) is 0.442. The smallest absolute Gasteiger partial charge is 0.349 e. The largest absolute Gasteiger partial charge is 0.456 e. The molecule has 0 amide bonds. The summed E-state index contributed by atoms with van der Waals surface area (Å²) in [6.45, 7) is 8.72. The topological polar surface area (TPSA) is 38.7 Å². The van der Waals surface area contributed by atoms with Crippen LogP contribution in [0.1, 0.15) is 20.8 Å². The maximum Gasteiger partial charge on any atom is 0.349 e. The molecule has 11 heavy (non-hydrogen) atoms. The molecule has 0 atom stereocenters. The van der Waals surface area contributed by atoms with Gasteiger partial charge in [-0.3, -0.25) is 4.99 Å². The quantitative estimate of drug-likeness (QED) is 0.448. The molecule has 0 aliphatic rings. The summed E-state index contributed by atoms with van der Waals surface area (Å²) in [6, 6.07) is 0. The molecule has 0 spiro atoms. The van der Waals surface area contributed by atoms with Crippen molar-refractivity contribution in [3.8, 4) is 0 Å². The van der Waals surface area contributed by atoms with Crippen molar-refractivity contribution in [2.45, 2.75) is 26.4 Å². The summed E-state index contributed by atoms with van der Waals surface area (Å²) in [5, 5.41) is 0. The molecule has 3 heteroatoms. The number of ether oxygens (including phenoxy) is 1. The van der Waals surface area contributed by atoms with Gasteiger partial charge in [0.15, 0.2) is 0 Å². The van der Waals surface area contributed by atoms with Crippen LogP contribution in [0.2, 0.25) is 0 Å². The van der Waals surface area contributed by atoms with Crippen LogP contribution in [0, 0.1) is 0 Å². The minimum absolute atomic E-state index is 0.447. The molecule has 0 saturated carbocycles. The number of rotatable bonds is 2. The Morgan fingerprint density at radius 3 is 2.45 bits per heavy atom. The number of carbonyl (C=O) groups excluding carboxylic acids is 1. The predicted octanol–water partition coefficient (Wildman–Crippen LogP) is 1.54. The van der Waals surface area contributed by atoms with Crippen LogP contribution in [0.3, 0.4) is 0 Å². The first-order chi connectivity index (χ1) is 4.95. The number of nitrogens with zero attached hydrogens (tertiary/aromatic N) is 1. The van der Waals surface area contributed by atoms with Gasteiger partial charge in [0.2, 0.25) is 0 Å². The second kappa shape index (κ2) is 3.91. The third-order valence-corrected chi connectivity index (χ3v) is 0.692. The summed E-state index contributed by atoms with van der Waals surface area (Å²) < 4.78 is 4.90. The second-order valence-corrected chi connectivity index (χ2v) is 2.99. The maximum atomic E-state index is 10.8. The molecule has 0 unspecified atom stereocenters. The lowest BCUT2D eigenvalue weighted by Crippen LogP contribution is -2.24. The molecule has 0 N–H and O–H groups in total. The summed E-state index contributed by atoms with van der Waals surface area (Å²) >= 11 is 0. The Kier molecular flexibility index (Phi) is 3.51. The average molecular weight is 155 g/mol. The van der Waals surface area contributed by atoms with Gasteiger partial charge in [-0.2, -0.15) is 0 Å². The van der Waals surface area contributed by atoms with E-state index in [0.717, 1.165) is 6.21 Å². The monoisotopic (exact) mass is 155 g/mol. The Labute approximate surface area is 66.8 Å². The predicted molar refractivity (Wildman–Crippen MR) is 44.5 cm³/mol. The van der Waals surface area contributed by atoms with E-state index < -0.39 is 11.6 Å². The van der Waals surface area contributed by atoms with Crippen molar-refractivity contribution in [2.75, 3.05) is 0 Å². The minimum atomic E-state index is -0.454. The van der Waals surface area contributed by atoms with Gasteiger partial charge in [0.1, 0.15) is 11.8 Å². The molecule has 0 fully saturated rings. The van der Waals surface area contributed by atoms with E-state index in [1.165, 1.54) is 6.20 Å². The molecule has 0 aromatic heterocycles. The molecule has 3 nitrogen and oxygen atoms in total. The van der Waals surface area contributed by atoms with E-state index in [1.807, 2.05) is 0 Å². The van der Waals surface area contributed by atoms with Crippen LogP contribution >= 0.6 is 0 Å². The van der Waals surface area contributed by atoms with E-state index in [-0.39, 0.29) is 0 Å². The Balaban J connectivity index is 3.89. The molecule has 0 rings (SSSR count). The summed E-state index contributed by atoms with van der Waals surface area (Å²) in [4.78, 5) is 14.3. The molecular formula is C8H13NO2. The Morgan fingerprint density at radius 2 is 2.09 bits per heavy atom. The molecule has 0 bridgehead atoms. The van der Waals surface area contributed by atoms with E-state index in [4.69, 9.17) is 4.74 Å². The average Bonchev–Trinajstić information content (AvgIpc) is 1.79. The lowest BCUT2D eigenvalue weighted by molar-refractivity contribution is -0.145. The molecule has 0 aliphatic carbocycles. The van der Waals surface area contributed by atoms with Crippen LogP contribution < -0.4 is 0 Å². The zero-order valence-corrected chi connectivity index (χ0v) is 7.13. The molecule has 0 heterocycles. The van der Waals surface area contributed by atoms with Gasteiger partial charge in [-0.05, 0) is 20.8 Å². The van der Waals surface area contributed by atoms with Crippen molar-refractivity contribution in [1.29, 1.82) is 0 Å². The molecule has 62 valence electrons. The highest BCUT2D eigenvalue weighted by molar-refractivity contribution is 6.23. The summed E-state index contributed by atoms with van der Waals surface area (Å²) in [5.41, 5.74) is -0.454. The van der Waals surface area contributed by atoms with Crippen molar-refractivity contribution < 1.29 is 9.53 Å². The van der Waals surface area contributed by atoms with Crippen molar-refractivity contribution >= 4 is 12.2 Å². The van der Waals surface area contributed by atoms with Gasteiger partial charge in [0, 0.05) is 6.20 Å². The summed E-state index contributed by atoms with van der Waals surface area (Å²) in [5.74, 6) is -0.447. The first-order valence-corrected chi connectivity index (χ1v) is 3.33. The normalized spacial score (nSPS) is 11.5. The molecule has 0 aromatic rings. The van der Waals surface area contributed by atoms with E-state index in [9.17, 15) is 4.79 Å². The SMILES string of the molecule is C=C/N=C/C(=O)OC(C)(C)C. The number of esters is 1. The van der Waals surface area contributed by atoms with Crippen LogP contribution in [-0.2, 0) is 9.53 Å². The zero-order valence-electron chi connectivity index (χ0n) is 7.13. The molecule has 0 aliphatic heterocycles. The third-order valence-electron chi connectivity index (χ3n) is 0.692. The van der Waals surface area contributed by atoms with Gasteiger partial charge in [-0.25, -0.2) is 4.79 Å². The third kappa shape index (κ3) is 6.77. The number of hydrogen-bond donors (Lipinski definition) is 0. The Morgan fingerprint density at radius 1 is 1.55 bits per heavy atom. The van der Waals surface area contributed by atoms with Gasteiger partial charge < -0.3 is 4.74 Å². The van der Waals surface area contributed by atoms with Crippen LogP contribution in [-0.4, -0.2) is 17.8 Å². The number of aliphatic imine (C=N–C) groups is 1. The lowest BCUT2D eigenvalue weighted by Gasteiger charge is -2.17. The molecule has 0 saturated heterocycles. The fraction of sp³-hybridized carbons (Fsp3) is 0.500. The number of hydrogen-bond acceptors (Lipinski definition) is 3. The second-order valence-electron chi connectivity index (χ2n) is 2.99. The first kappa shape index (κ1) is 9.88. The van der Waals surface area contributed by atoms with Crippen molar-refractivity contribution in [3.63, 3.8) is 0 Å². The van der Waals surface area contributed by atoms with Gasteiger partial charge in [0.25, 0.3) is 0 Å². The van der Waals surface area contributed by atoms with Crippen LogP contribution in [0.5, 0.6) is 0 Å². The Hall–Kier alpha value is -1.12. The lowest BCUT2D eigenvalue weighted by atomic mass is 10.2. The number of carbonyl (C=O) groups is 1.